The topological polar surface area (TPSA) is 26.0 Å². The van der Waals surface area contributed by atoms with Gasteiger partial charge in [-0.05, 0) is 18.8 Å². The van der Waals surface area contributed by atoms with Gasteiger partial charge >= 0.3 is 0 Å². The van der Waals surface area contributed by atoms with E-state index < -0.39 is 0 Å². The Hall–Kier alpha value is 0.310. The molecule has 2 atom stereocenters. The number of nitrogens with two attached hydrogens (primary N) is 1. The molecule has 1 nitrogen and oxygen atoms in total. The summed E-state index contributed by atoms with van der Waals surface area (Å²) < 4.78 is 0. The van der Waals surface area contributed by atoms with E-state index in [0.717, 1.165) is 11.2 Å². The average Bonchev–Trinajstić information content (AvgIpc) is 2.13. The van der Waals surface area contributed by atoms with Gasteiger partial charge in [0, 0.05) is 17.0 Å². The van der Waals surface area contributed by atoms with E-state index >= 15 is 0 Å². The predicted octanol–water partition coefficient (Wildman–Crippen LogP) is 1.87. The Kier molecular flexibility index (Phi) is 3.05. The highest BCUT2D eigenvalue weighted by Crippen LogP contribution is 2.30. The van der Waals surface area contributed by atoms with Crippen molar-refractivity contribution >= 4 is 11.8 Å². The molecule has 0 aromatic carbocycles. The maximum atomic E-state index is 5.78. The molecule has 0 aromatic heterocycles. The molecule has 2 N–H and O–H groups in total. The highest BCUT2D eigenvalue weighted by molar-refractivity contribution is 8.00. The third-order valence-corrected chi connectivity index (χ3v) is 3.32. The Morgan fingerprint density at radius 3 is 2.70 bits per heavy atom. The molecule has 0 radical (unpaired) electrons. The van der Waals surface area contributed by atoms with Crippen molar-refractivity contribution in [2.24, 2.45) is 11.7 Å². The quantitative estimate of drug-likeness (QED) is 0.665. The smallest absolute Gasteiger partial charge is 0.0141 e. The van der Waals surface area contributed by atoms with Gasteiger partial charge in [-0.1, -0.05) is 13.8 Å². The van der Waals surface area contributed by atoms with Crippen LogP contribution in [0.25, 0.3) is 0 Å². The molecule has 1 saturated heterocycles. The van der Waals surface area contributed by atoms with Crippen LogP contribution in [0.2, 0.25) is 0 Å². The van der Waals surface area contributed by atoms with Crippen molar-refractivity contribution < 1.29 is 0 Å². The van der Waals surface area contributed by atoms with Gasteiger partial charge in [0.1, 0.15) is 0 Å². The molecular formula is C8H17NS. The average molecular weight is 159 g/mol. The Balaban J connectivity index is 2.18. The third kappa shape index (κ3) is 2.51. The van der Waals surface area contributed by atoms with Crippen molar-refractivity contribution in [2.75, 3.05) is 5.75 Å². The molecule has 60 valence electrons. The van der Waals surface area contributed by atoms with Gasteiger partial charge in [-0.3, -0.25) is 0 Å². The van der Waals surface area contributed by atoms with Crippen LogP contribution in [0.15, 0.2) is 0 Å². The highest BCUT2D eigenvalue weighted by atomic mass is 32.2. The summed E-state index contributed by atoms with van der Waals surface area (Å²) in [7, 11) is 0. The van der Waals surface area contributed by atoms with Gasteiger partial charge in [0.25, 0.3) is 0 Å². The zero-order chi connectivity index (χ0) is 7.56. The second-order valence-corrected chi connectivity index (χ2v) is 4.91. The van der Waals surface area contributed by atoms with Crippen LogP contribution in [0.4, 0.5) is 0 Å². The molecule has 0 aliphatic carbocycles. The zero-order valence-electron chi connectivity index (χ0n) is 6.84. The first-order valence-corrected chi connectivity index (χ1v) is 5.10. The molecule has 2 heteroatoms. The molecule has 1 aliphatic rings. The van der Waals surface area contributed by atoms with Gasteiger partial charge in [-0.25, -0.2) is 0 Å². The molecule has 0 aromatic rings. The highest BCUT2D eigenvalue weighted by Gasteiger charge is 2.22. The van der Waals surface area contributed by atoms with Crippen LogP contribution in [0, 0.1) is 5.92 Å². The first kappa shape index (κ1) is 8.41. The Labute approximate surface area is 67.8 Å². The summed E-state index contributed by atoms with van der Waals surface area (Å²) in [4.78, 5) is 0. The standard InChI is InChI=1S/C8H17NS/c1-6(2)3-8-4-7(9)5-10-8/h6-8H,3-5,9H2,1-2H3. The van der Waals surface area contributed by atoms with Gasteiger partial charge < -0.3 is 5.73 Å². The summed E-state index contributed by atoms with van der Waals surface area (Å²) in [6.45, 7) is 4.56. The van der Waals surface area contributed by atoms with Crippen LogP contribution in [0.3, 0.4) is 0 Å². The summed E-state index contributed by atoms with van der Waals surface area (Å²) in [5, 5.41) is 0.856. The fourth-order valence-electron chi connectivity index (χ4n) is 1.42. The minimum absolute atomic E-state index is 0.480. The predicted molar refractivity (Wildman–Crippen MR) is 48.3 cm³/mol. The lowest BCUT2D eigenvalue weighted by Crippen LogP contribution is -2.19. The van der Waals surface area contributed by atoms with E-state index in [-0.39, 0.29) is 0 Å². The normalized spacial score (nSPS) is 33.6. The van der Waals surface area contributed by atoms with E-state index in [1.54, 1.807) is 0 Å². The molecule has 2 unspecified atom stereocenters. The third-order valence-electron chi connectivity index (χ3n) is 1.85. The monoisotopic (exact) mass is 159 g/mol. The minimum Gasteiger partial charge on any atom is -0.327 e. The molecule has 0 bridgehead atoms. The van der Waals surface area contributed by atoms with Gasteiger partial charge in [-0.2, -0.15) is 11.8 Å². The van der Waals surface area contributed by atoms with Crippen LogP contribution in [-0.2, 0) is 0 Å². The zero-order valence-corrected chi connectivity index (χ0v) is 7.66. The fourth-order valence-corrected chi connectivity index (χ4v) is 2.98. The molecule has 0 saturated carbocycles. The van der Waals surface area contributed by atoms with Crippen molar-refractivity contribution in [3.05, 3.63) is 0 Å². The lowest BCUT2D eigenvalue weighted by molar-refractivity contribution is 0.540. The summed E-state index contributed by atoms with van der Waals surface area (Å²) >= 11 is 2.05. The van der Waals surface area contributed by atoms with Crippen LogP contribution < -0.4 is 5.73 Å². The van der Waals surface area contributed by atoms with E-state index in [1.165, 1.54) is 18.6 Å². The largest absolute Gasteiger partial charge is 0.327 e. The number of hydrogen-bond acceptors (Lipinski definition) is 2. The van der Waals surface area contributed by atoms with Crippen molar-refractivity contribution in [3.8, 4) is 0 Å². The molecule has 1 fully saturated rings. The molecule has 1 aliphatic heterocycles. The minimum atomic E-state index is 0.480. The summed E-state index contributed by atoms with van der Waals surface area (Å²) in [6, 6.07) is 0.480. The summed E-state index contributed by atoms with van der Waals surface area (Å²) in [5.74, 6) is 2.01. The van der Waals surface area contributed by atoms with Gasteiger partial charge in [0.2, 0.25) is 0 Å². The van der Waals surface area contributed by atoms with E-state index in [4.69, 9.17) is 5.73 Å². The lowest BCUT2D eigenvalue weighted by Gasteiger charge is -2.10. The van der Waals surface area contributed by atoms with E-state index in [0.29, 0.717) is 6.04 Å². The Bertz CT molecular complexity index is 103. The Morgan fingerprint density at radius 1 is 1.60 bits per heavy atom. The first-order chi connectivity index (χ1) is 4.68. The summed E-state index contributed by atoms with van der Waals surface area (Å²) in [6.07, 6.45) is 2.58. The number of rotatable bonds is 2. The maximum absolute atomic E-state index is 5.78. The van der Waals surface area contributed by atoms with E-state index in [9.17, 15) is 0 Å². The van der Waals surface area contributed by atoms with Crippen molar-refractivity contribution in [3.63, 3.8) is 0 Å². The number of thioether (sulfide) groups is 1. The maximum Gasteiger partial charge on any atom is 0.0141 e. The SMILES string of the molecule is CC(C)CC1CC(N)CS1. The van der Waals surface area contributed by atoms with Crippen molar-refractivity contribution in [1.29, 1.82) is 0 Å². The molecule has 0 spiro atoms. The lowest BCUT2D eigenvalue weighted by atomic mass is 10.0. The molecular weight excluding hydrogens is 142 g/mol. The Morgan fingerprint density at radius 2 is 2.30 bits per heavy atom. The van der Waals surface area contributed by atoms with Gasteiger partial charge in [0.05, 0.1) is 0 Å². The van der Waals surface area contributed by atoms with Crippen LogP contribution in [0.5, 0.6) is 0 Å². The van der Waals surface area contributed by atoms with Gasteiger partial charge in [-0.15, -0.1) is 0 Å². The molecule has 10 heavy (non-hydrogen) atoms. The van der Waals surface area contributed by atoms with Crippen LogP contribution >= 0.6 is 11.8 Å². The fraction of sp³-hybridized carbons (Fsp3) is 1.00. The first-order valence-electron chi connectivity index (χ1n) is 4.05. The van der Waals surface area contributed by atoms with Gasteiger partial charge in [0.15, 0.2) is 0 Å². The molecule has 1 rings (SSSR count). The second-order valence-electron chi connectivity index (χ2n) is 3.58. The second kappa shape index (κ2) is 3.63. The van der Waals surface area contributed by atoms with Crippen LogP contribution in [-0.4, -0.2) is 17.0 Å². The summed E-state index contributed by atoms with van der Waals surface area (Å²) in [5.41, 5.74) is 5.78. The van der Waals surface area contributed by atoms with Crippen molar-refractivity contribution in [1.82, 2.24) is 0 Å². The van der Waals surface area contributed by atoms with E-state index in [1.807, 2.05) is 0 Å². The van der Waals surface area contributed by atoms with Crippen LogP contribution in [0.1, 0.15) is 26.7 Å². The van der Waals surface area contributed by atoms with E-state index in [2.05, 4.69) is 25.6 Å². The van der Waals surface area contributed by atoms with Crippen molar-refractivity contribution in [2.45, 2.75) is 38.0 Å². The number of hydrogen-bond donors (Lipinski definition) is 1. The molecule has 1 heterocycles. The molecule has 0 amide bonds.